The molecule has 10 heteroatoms. The summed E-state index contributed by atoms with van der Waals surface area (Å²) in [6.07, 6.45) is -0.678. The number of alkyl halides is 3. The molecule has 1 saturated carbocycles. The van der Waals surface area contributed by atoms with E-state index >= 15 is 0 Å². The first-order chi connectivity index (χ1) is 13.7. The van der Waals surface area contributed by atoms with Crippen LogP contribution >= 0.6 is 0 Å². The Morgan fingerprint density at radius 1 is 1.24 bits per heavy atom. The number of rotatable bonds is 2. The van der Waals surface area contributed by atoms with Crippen molar-refractivity contribution < 1.29 is 36.6 Å². The van der Waals surface area contributed by atoms with Crippen LogP contribution in [0, 0.1) is 18.2 Å². The van der Waals surface area contributed by atoms with Gasteiger partial charge in [-0.05, 0) is 6.07 Å². The summed E-state index contributed by atoms with van der Waals surface area (Å²) >= 11 is 0. The van der Waals surface area contributed by atoms with Gasteiger partial charge in [0.15, 0.2) is 17.6 Å². The van der Waals surface area contributed by atoms with Gasteiger partial charge in [0.05, 0.1) is 23.5 Å². The summed E-state index contributed by atoms with van der Waals surface area (Å²) in [5, 5.41) is 0. The van der Waals surface area contributed by atoms with Crippen molar-refractivity contribution in [3.8, 4) is 18.1 Å². The molecule has 4 aliphatic rings. The predicted molar refractivity (Wildman–Crippen MR) is 90.5 cm³/mol. The van der Waals surface area contributed by atoms with Gasteiger partial charge in [-0.25, -0.2) is 4.39 Å². The molecule has 2 atom stereocenters. The number of ether oxygens (including phenoxy) is 2. The minimum atomic E-state index is -4.72. The van der Waals surface area contributed by atoms with Crippen LogP contribution in [0.1, 0.15) is 12.8 Å². The van der Waals surface area contributed by atoms with E-state index < -0.39 is 41.4 Å². The third-order valence-electron chi connectivity index (χ3n) is 5.35. The fourth-order valence-electron chi connectivity index (χ4n) is 3.73. The number of hydrogen-bond donors (Lipinski definition) is 0. The van der Waals surface area contributed by atoms with Crippen molar-refractivity contribution in [1.82, 2.24) is 0 Å². The number of halogens is 4. The molecule has 3 aliphatic heterocycles. The topological polar surface area (TPSA) is 62.4 Å². The lowest BCUT2D eigenvalue weighted by Crippen LogP contribution is -2.48. The van der Waals surface area contributed by atoms with Crippen molar-refractivity contribution >= 4 is 23.2 Å². The van der Waals surface area contributed by atoms with E-state index in [1.165, 1.54) is 11.0 Å². The van der Waals surface area contributed by atoms with Crippen LogP contribution in [0.5, 0.6) is 5.75 Å². The molecule has 0 N–H and O–H groups in total. The van der Waals surface area contributed by atoms with Crippen LogP contribution in [0.3, 0.4) is 0 Å². The number of epoxide rings is 1. The van der Waals surface area contributed by atoms with Crippen molar-refractivity contribution in [2.24, 2.45) is 0 Å². The highest BCUT2D eigenvalue weighted by Crippen LogP contribution is 2.52. The first-order valence-electron chi connectivity index (χ1n) is 8.72. The number of nitrogens with zero attached hydrogens (tertiary/aromatic N) is 2. The second-order valence-corrected chi connectivity index (χ2v) is 7.22. The molecule has 2 fully saturated rings. The van der Waals surface area contributed by atoms with Gasteiger partial charge in [0, 0.05) is 25.0 Å². The van der Waals surface area contributed by atoms with E-state index in [9.17, 15) is 27.2 Å². The van der Waals surface area contributed by atoms with Gasteiger partial charge in [0.1, 0.15) is 11.9 Å². The SMILES string of the molecule is C#CCN1C(=O)C2(CC2)Oc2cc(F)c(N3C(=O)C=C(C(F)(F)F)C4OC43)cc21. The van der Waals surface area contributed by atoms with Crippen LogP contribution in [-0.4, -0.2) is 42.5 Å². The summed E-state index contributed by atoms with van der Waals surface area (Å²) in [5.41, 5.74) is -2.32. The molecule has 6 nitrogen and oxygen atoms in total. The molecule has 2 amide bonds. The fraction of sp³-hybridized carbons (Fsp3) is 0.368. The highest BCUT2D eigenvalue weighted by Gasteiger charge is 2.60. The molecule has 1 aromatic carbocycles. The maximum atomic E-state index is 14.8. The summed E-state index contributed by atoms with van der Waals surface area (Å²) < 4.78 is 64.5. The first-order valence-corrected chi connectivity index (χ1v) is 8.72. The van der Waals surface area contributed by atoms with E-state index in [0.717, 1.165) is 11.0 Å². The van der Waals surface area contributed by atoms with E-state index in [4.69, 9.17) is 15.9 Å². The molecule has 2 unspecified atom stereocenters. The number of fused-ring (bicyclic) bond motifs is 2. The number of carbonyl (C=O) groups is 2. The summed E-state index contributed by atoms with van der Waals surface area (Å²) in [7, 11) is 0. The highest BCUT2D eigenvalue weighted by molar-refractivity contribution is 6.08. The Labute approximate surface area is 161 Å². The minimum absolute atomic E-state index is 0.0860. The number of hydrogen-bond acceptors (Lipinski definition) is 4. The molecular weight excluding hydrogens is 396 g/mol. The summed E-state index contributed by atoms with van der Waals surface area (Å²) in [6, 6.07) is 2.19. The van der Waals surface area contributed by atoms with Gasteiger partial charge in [0.2, 0.25) is 0 Å². The molecule has 1 aromatic rings. The highest BCUT2D eigenvalue weighted by atomic mass is 19.4. The zero-order valence-electron chi connectivity index (χ0n) is 14.6. The number of amides is 2. The van der Waals surface area contributed by atoms with Crippen molar-refractivity contribution in [2.45, 2.75) is 37.0 Å². The van der Waals surface area contributed by atoms with E-state index in [0.29, 0.717) is 18.9 Å². The van der Waals surface area contributed by atoms with Gasteiger partial charge < -0.3 is 9.47 Å². The molecule has 5 rings (SSSR count). The molecule has 150 valence electrons. The molecule has 1 saturated heterocycles. The van der Waals surface area contributed by atoms with Crippen LogP contribution in [-0.2, 0) is 14.3 Å². The molecule has 1 aliphatic carbocycles. The average molecular weight is 408 g/mol. The van der Waals surface area contributed by atoms with E-state index in [2.05, 4.69) is 5.92 Å². The monoisotopic (exact) mass is 408 g/mol. The smallest absolute Gasteiger partial charge is 0.415 e. The van der Waals surface area contributed by atoms with Gasteiger partial charge in [-0.15, -0.1) is 6.42 Å². The van der Waals surface area contributed by atoms with Gasteiger partial charge >= 0.3 is 6.18 Å². The lowest BCUT2D eigenvalue weighted by atomic mass is 10.1. The molecule has 29 heavy (non-hydrogen) atoms. The normalized spacial score (nSPS) is 26.4. The van der Waals surface area contributed by atoms with Crippen molar-refractivity contribution in [1.29, 1.82) is 0 Å². The van der Waals surface area contributed by atoms with Crippen LogP contribution < -0.4 is 14.5 Å². The molecule has 0 aromatic heterocycles. The Morgan fingerprint density at radius 2 is 1.97 bits per heavy atom. The number of anilines is 2. The largest absolute Gasteiger partial charge is 0.475 e. The first kappa shape index (κ1) is 18.0. The third kappa shape index (κ3) is 2.54. The second kappa shape index (κ2) is 5.51. The Hall–Kier alpha value is -3.06. The van der Waals surface area contributed by atoms with E-state index in [1.54, 1.807) is 0 Å². The number of terminal acetylenes is 1. The zero-order chi connectivity index (χ0) is 20.7. The Morgan fingerprint density at radius 3 is 2.59 bits per heavy atom. The maximum absolute atomic E-state index is 14.8. The molecule has 0 radical (unpaired) electrons. The zero-order valence-corrected chi connectivity index (χ0v) is 14.6. The van der Waals surface area contributed by atoms with Gasteiger partial charge in [0.25, 0.3) is 11.8 Å². The lowest BCUT2D eigenvalue weighted by molar-refractivity contribution is -0.128. The third-order valence-corrected chi connectivity index (χ3v) is 5.35. The Kier molecular flexibility index (Phi) is 3.42. The van der Waals surface area contributed by atoms with Crippen LogP contribution in [0.2, 0.25) is 0 Å². The quantitative estimate of drug-likeness (QED) is 0.428. The second-order valence-electron chi connectivity index (χ2n) is 7.22. The number of carbonyl (C=O) groups excluding carboxylic acids is 2. The Bertz CT molecular complexity index is 1040. The standard InChI is InChI=1S/C19H12F4N2O4/c1-2-5-24-12-8-11(10(20)7-13(12)29-18(3-4-18)17(24)27)25-14(26)6-9(19(21,22)23)15-16(25)28-15/h1,6-8,15-16H,3-5H2. The van der Waals surface area contributed by atoms with Crippen LogP contribution in [0.25, 0.3) is 0 Å². The summed E-state index contributed by atoms with van der Waals surface area (Å²) in [6.45, 7) is -0.101. The summed E-state index contributed by atoms with van der Waals surface area (Å²) in [5.74, 6) is 0.111. The predicted octanol–water partition coefficient (Wildman–Crippen LogP) is 2.28. The molecular formula is C19H12F4N2O4. The lowest BCUT2D eigenvalue weighted by Gasteiger charge is -2.35. The maximum Gasteiger partial charge on any atom is 0.415 e. The van der Waals surface area contributed by atoms with Crippen molar-refractivity contribution in [3.63, 3.8) is 0 Å². The van der Waals surface area contributed by atoms with E-state index in [1.807, 2.05) is 0 Å². The van der Waals surface area contributed by atoms with Gasteiger partial charge in [-0.3, -0.25) is 19.4 Å². The molecule has 1 spiro atoms. The minimum Gasteiger partial charge on any atom is -0.475 e. The summed E-state index contributed by atoms with van der Waals surface area (Å²) in [4.78, 5) is 27.1. The van der Waals surface area contributed by atoms with Crippen molar-refractivity contribution in [3.05, 3.63) is 29.6 Å². The van der Waals surface area contributed by atoms with E-state index in [-0.39, 0.29) is 29.6 Å². The van der Waals surface area contributed by atoms with Gasteiger partial charge in [-0.2, -0.15) is 13.2 Å². The fourth-order valence-corrected chi connectivity index (χ4v) is 3.73. The van der Waals surface area contributed by atoms with Crippen molar-refractivity contribution in [2.75, 3.05) is 16.3 Å². The average Bonchev–Trinajstić information content (AvgIpc) is 3.54. The van der Waals surface area contributed by atoms with Crippen LogP contribution in [0.4, 0.5) is 28.9 Å². The van der Waals surface area contributed by atoms with Crippen LogP contribution in [0.15, 0.2) is 23.8 Å². The number of benzene rings is 1. The molecule has 0 bridgehead atoms. The Balaban J connectivity index is 1.57. The molecule has 3 heterocycles. The van der Waals surface area contributed by atoms with Gasteiger partial charge in [-0.1, -0.05) is 5.92 Å².